The van der Waals surface area contributed by atoms with Gasteiger partial charge in [-0.05, 0) is 37.1 Å². The number of carbonyl (C=O) groups excluding carboxylic acids is 1. The summed E-state index contributed by atoms with van der Waals surface area (Å²) < 4.78 is 0. The summed E-state index contributed by atoms with van der Waals surface area (Å²) in [7, 11) is 1.92. The molecular formula is C24H27N3O. The van der Waals surface area contributed by atoms with E-state index >= 15 is 0 Å². The van der Waals surface area contributed by atoms with Gasteiger partial charge in [-0.15, -0.1) is 0 Å². The summed E-state index contributed by atoms with van der Waals surface area (Å²) in [4.78, 5) is 19.7. The highest BCUT2D eigenvalue weighted by Crippen LogP contribution is 2.38. The summed E-state index contributed by atoms with van der Waals surface area (Å²) in [6.45, 7) is 3.52. The third-order valence-electron chi connectivity index (χ3n) is 5.93. The van der Waals surface area contributed by atoms with Gasteiger partial charge in [-0.1, -0.05) is 48.2 Å². The zero-order valence-electron chi connectivity index (χ0n) is 16.5. The van der Waals surface area contributed by atoms with Gasteiger partial charge in [0.1, 0.15) is 5.54 Å². The molecule has 2 aromatic carbocycles. The van der Waals surface area contributed by atoms with E-state index < -0.39 is 0 Å². The molecule has 0 bridgehead atoms. The average Bonchev–Trinajstić information content (AvgIpc) is 2.99. The van der Waals surface area contributed by atoms with Crippen molar-refractivity contribution in [1.29, 1.82) is 0 Å². The maximum atomic E-state index is 13.0. The Morgan fingerprint density at radius 3 is 2.29 bits per heavy atom. The van der Waals surface area contributed by atoms with Crippen molar-refractivity contribution in [1.82, 2.24) is 9.80 Å². The molecule has 4 nitrogen and oxygen atoms in total. The van der Waals surface area contributed by atoms with Gasteiger partial charge < -0.3 is 14.7 Å². The highest BCUT2D eigenvalue weighted by Gasteiger charge is 2.52. The summed E-state index contributed by atoms with van der Waals surface area (Å²) in [5.41, 5.74) is 1.82. The van der Waals surface area contributed by atoms with Crippen molar-refractivity contribution in [2.24, 2.45) is 0 Å². The number of anilines is 1. The molecule has 2 aliphatic rings. The Bertz CT molecular complexity index is 861. The van der Waals surface area contributed by atoms with E-state index in [1.807, 2.05) is 60.5 Å². The maximum absolute atomic E-state index is 13.0. The molecule has 2 aromatic rings. The van der Waals surface area contributed by atoms with E-state index in [0.717, 1.165) is 50.1 Å². The SMILES string of the molecule is CN1CN(c2ccccc2)C2(CCN(CCC#Cc3ccccc3)CC2)C1=O. The van der Waals surface area contributed by atoms with Crippen LogP contribution >= 0.6 is 0 Å². The lowest BCUT2D eigenvalue weighted by atomic mass is 9.85. The molecule has 2 aliphatic heterocycles. The van der Waals surface area contributed by atoms with Crippen molar-refractivity contribution < 1.29 is 4.79 Å². The van der Waals surface area contributed by atoms with Crippen LogP contribution in [0.1, 0.15) is 24.8 Å². The minimum atomic E-state index is -0.387. The lowest BCUT2D eigenvalue weighted by molar-refractivity contribution is -0.132. The van der Waals surface area contributed by atoms with Gasteiger partial charge in [-0.3, -0.25) is 4.79 Å². The smallest absolute Gasteiger partial charge is 0.249 e. The first-order valence-corrected chi connectivity index (χ1v) is 10.0. The summed E-state index contributed by atoms with van der Waals surface area (Å²) in [6, 6.07) is 20.5. The fourth-order valence-corrected chi connectivity index (χ4v) is 4.35. The lowest BCUT2D eigenvalue weighted by Gasteiger charge is -2.43. The number of amides is 1. The van der Waals surface area contributed by atoms with Gasteiger partial charge in [-0.2, -0.15) is 0 Å². The standard InChI is InChI=1S/C24H27N3O/c1-25-20-27(22-13-6-3-7-14-22)24(23(25)28)15-18-26(19-16-24)17-9-8-12-21-10-4-2-5-11-21/h2-7,10-11,13-14H,9,15-20H2,1H3. The van der Waals surface area contributed by atoms with Crippen LogP contribution in [0.25, 0.3) is 0 Å². The molecule has 144 valence electrons. The number of hydrogen-bond donors (Lipinski definition) is 0. The summed E-state index contributed by atoms with van der Waals surface area (Å²) in [6.07, 6.45) is 2.60. The van der Waals surface area contributed by atoms with E-state index in [4.69, 9.17) is 0 Å². The van der Waals surface area contributed by atoms with Crippen LogP contribution in [0.15, 0.2) is 60.7 Å². The fourth-order valence-electron chi connectivity index (χ4n) is 4.35. The molecule has 2 heterocycles. The Kier molecular flexibility index (Phi) is 5.36. The van der Waals surface area contributed by atoms with E-state index in [-0.39, 0.29) is 11.4 Å². The molecule has 0 unspecified atom stereocenters. The van der Waals surface area contributed by atoms with Gasteiger partial charge in [0.2, 0.25) is 5.91 Å². The molecule has 0 atom stereocenters. The second-order valence-corrected chi connectivity index (χ2v) is 7.70. The molecule has 0 aromatic heterocycles. The highest BCUT2D eigenvalue weighted by molar-refractivity contribution is 5.93. The van der Waals surface area contributed by atoms with Crippen LogP contribution in [-0.4, -0.2) is 54.6 Å². The zero-order chi connectivity index (χ0) is 19.4. The maximum Gasteiger partial charge on any atom is 0.249 e. The highest BCUT2D eigenvalue weighted by atomic mass is 16.2. The van der Waals surface area contributed by atoms with Gasteiger partial charge in [0, 0.05) is 44.4 Å². The van der Waals surface area contributed by atoms with Crippen LogP contribution in [0.4, 0.5) is 5.69 Å². The number of carbonyl (C=O) groups is 1. The molecule has 0 aliphatic carbocycles. The van der Waals surface area contributed by atoms with Crippen molar-refractivity contribution in [2.75, 3.05) is 38.3 Å². The summed E-state index contributed by atoms with van der Waals surface area (Å²) in [5.74, 6) is 6.78. The predicted octanol–water partition coefficient (Wildman–Crippen LogP) is 3.20. The Morgan fingerprint density at radius 2 is 1.61 bits per heavy atom. The average molecular weight is 374 g/mol. The second-order valence-electron chi connectivity index (χ2n) is 7.70. The second kappa shape index (κ2) is 8.08. The Balaban J connectivity index is 1.38. The number of likely N-dealkylation sites (tertiary alicyclic amines) is 1. The molecule has 4 rings (SSSR count). The van der Waals surface area contributed by atoms with Crippen molar-refractivity contribution in [3.8, 4) is 11.8 Å². The van der Waals surface area contributed by atoms with Gasteiger partial charge in [-0.25, -0.2) is 0 Å². The summed E-state index contributed by atoms with van der Waals surface area (Å²) in [5, 5.41) is 0. The molecule has 0 saturated carbocycles. The largest absolute Gasteiger partial charge is 0.339 e. The number of rotatable bonds is 3. The number of nitrogens with zero attached hydrogens (tertiary/aromatic N) is 3. The van der Waals surface area contributed by atoms with Gasteiger partial charge >= 0.3 is 0 Å². The van der Waals surface area contributed by atoms with Crippen molar-refractivity contribution >= 4 is 11.6 Å². The first kappa shape index (κ1) is 18.6. The number of para-hydroxylation sites is 1. The van der Waals surface area contributed by atoms with Gasteiger partial charge in [0.25, 0.3) is 0 Å². The fraction of sp³-hybridized carbons (Fsp3) is 0.375. The molecule has 0 N–H and O–H groups in total. The van der Waals surface area contributed by atoms with E-state index in [2.05, 4.69) is 33.8 Å². The first-order valence-electron chi connectivity index (χ1n) is 10.0. The lowest BCUT2D eigenvalue weighted by Crippen LogP contribution is -2.56. The van der Waals surface area contributed by atoms with E-state index in [0.29, 0.717) is 6.67 Å². The van der Waals surface area contributed by atoms with Crippen molar-refractivity contribution in [2.45, 2.75) is 24.8 Å². The van der Waals surface area contributed by atoms with Crippen LogP contribution in [0.3, 0.4) is 0 Å². The van der Waals surface area contributed by atoms with Crippen LogP contribution < -0.4 is 4.90 Å². The molecule has 0 radical (unpaired) electrons. The molecule has 28 heavy (non-hydrogen) atoms. The first-order chi connectivity index (χ1) is 13.7. The predicted molar refractivity (Wildman–Crippen MR) is 113 cm³/mol. The zero-order valence-corrected chi connectivity index (χ0v) is 16.5. The van der Waals surface area contributed by atoms with Crippen LogP contribution in [-0.2, 0) is 4.79 Å². The van der Waals surface area contributed by atoms with Crippen LogP contribution in [0.5, 0.6) is 0 Å². The molecular weight excluding hydrogens is 346 g/mol. The third kappa shape index (κ3) is 3.63. The van der Waals surface area contributed by atoms with Crippen molar-refractivity contribution in [3.63, 3.8) is 0 Å². The van der Waals surface area contributed by atoms with E-state index in [1.165, 1.54) is 0 Å². The van der Waals surface area contributed by atoms with E-state index in [1.54, 1.807) is 0 Å². The molecule has 2 saturated heterocycles. The van der Waals surface area contributed by atoms with Crippen molar-refractivity contribution in [3.05, 3.63) is 66.2 Å². The minimum Gasteiger partial charge on any atom is -0.339 e. The third-order valence-corrected chi connectivity index (χ3v) is 5.93. The molecule has 1 spiro atoms. The number of likely N-dealkylation sites (N-methyl/N-ethyl adjacent to an activating group) is 1. The molecule has 4 heteroatoms. The van der Waals surface area contributed by atoms with Crippen LogP contribution in [0, 0.1) is 11.8 Å². The minimum absolute atomic E-state index is 0.264. The normalized spacial score (nSPS) is 19.0. The van der Waals surface area contributed by atoms with Gasteiger partial charge in [0.05, 0.1) is 6.67 Å². The summed E-state index contributed by atoms with van der Waals surface area (Å²) >= 11 is 0. The number of hydrogen-bond acceptors (Lipinski definition) is 3. The Morgan fingerprint density at radius 1 is 0.964 bits per heavy atom. The Hall–Kier alpha value is -2.77. The monoisotopic (exact) mass is 373 g/mol. The van der Waals surface area contributed by atoms with Gasteiger partial charge in [0.15, 0.2) is 0 Å². The number of piperidine rings is 1. The number of benzene rings is 2. The molecule has 2 fully saturated rings. The van der Waals surface area contributed by atoms with E-state index in [9.17, 15) is 4.79 Å². The topological polar surface area (TPSA) is 26.8 Å². The molecule has 1 amide bonds. The van der Waals surface area contributed by atoms with Crippen LogP contribution in [0.2, 0.25) is 0 Å². The Labute approximate surface area is 167 Å². The quantitative estimate of drug-likeness (QED) is 0.773.